The predicted octanol–water partition coefficient (Wildman–Crippen LogP) is -0.200. The van der Waals surface area contributed by atoms with Gasteiger partial charge in [0.15, 0.2) is 0 Å². The Hall–Kier alpha value is -1.53. The molecule has 0 aliphatic rings. The lowest BCUT2D eigenvalue weighted by molar-refractivity contribution is -0.172. The number of rotatable bonds is 4. The molecule has 14 heavy (non-hydrogen) atoms. The molecule has 0 bridgehead atoms. The molecule has 0 rings (SSSR count). The summed E-state index contributed by atoms with van der Waals surface area (Å²) in [6.07, 6.45) is 0. The Balaban J connectivity index is 4.61. The molecule has 0 aromatic heterocycles. The average Bonchev–Trinajstić information content (AvgIpc) is 2.01. The summed E-state index contributed by atoms with van der Waals surface area (Å²) in [6.45, 7) is 2.02. The molecule has 0 heterocycles. The van der Waals surface area contributed by atoms with Crippen LogP contribution in [-0.4, -0.2) is 34.7 Å². The van der Waals surface area contributed by atoms with E-state index in [4.69, 9.17) is 5.11 Å². The maximum Gasteiger partial charge on any atom is 0.401 e. The largest absolute Gasteiger partial charge is 0.476 e. The van der Waals surface area contributed by atoms with Gasteiger partial charge in [-0.15, -0.1) is 0 Å². The molecule has 1 amide bonds. The Morgan fingerprint density at radius 3 is 2.07 bits per heavy atom. The van der Waals surface area contributed by atoms with Crippen LogP contribution in [0.25, 0.3) is 0 Å². The van der Waals surface area contributed by atoms with Crippen molar-refractivity contribution < 1.29 is 28.3 Å². The van der Waals surface area contributed by atoms with Crippen molar-refractivity contribution in [1.29, 1.82) is 0 Å². The van der Waals surface area contributed by atoms with E-state index in [1.165, 1.54) is 0 Å². The van der Waals surface area contributed by atoms with E-state index in [9.17, 15) is 23.2 Å². The lowest BCUT2D eigenvalue weighted by Crippen LogP contribution is -2.49. The summed E-state index contributed by atoms with van der Waals surface area (Å²) in [4.78, 5) is 31.2. The summed E-state index contributed by atoms with van der Waals surface area (Å²) >= 11 is 0. The topological polar surface area (TPSA) is 83.5 Å². The molecule has 5 nitrogen and oxygen atoms in total. The van der Waals surface area contributed by atoms with E-state index < -0.39 is 29.6 Å². The van der Waals surface area contributed by atoms with E-state index >= 15 is 0 Å². The van der Waals surface area contributed by atoms with Crippen molar-refractivity contribution in [3.63, 3.8) is 0 Å². The standard InChI is InChI=1S/C7H9F2NO4/c1-3(10-4(2)11)5(12)7(8,9)6(13)14/h3H,1-2H3,(H,10,11)(H,13,14). The molecule has 0 spiro atoms. The lowest BCUT2D eigenvalue weighted by Gasteiger charge is -2.15. The molecule has 1 unspecified atom stereocenters. The minimum Gasteiger partial charge on any atom is -0.476 e. The number of ketones is 1. The van der Waals surface area contributed by atoms with E-state index in [0.717, 1.165) is 13.8 Å². The first kappa shape index (κ1) is 12.5. The Morgan fingerprint density at radius 2 is 1.79 bits per heavy atom. The third kappa shape index (κ3) is 2.75. The highest BCUT2D eigenvalue weighted by atomic mass is 19.3. The molecule has 7 heteroatoms. The van der Waals surface area contributed by atoms with Crippen LogP contribution in [0.3, 0.4) is 0 Å². The molecule has 0 aliphatic carbocycles. The molecule has 0 fully saturated rings. The zero-order valence-electron chi connectivity index (χ0n) is 7.51. The van der Waals surface area contributed by atoms with Gasteiger partial charge in [0, 0.05) is 6.92 Å². The van der Waals surface area contributed by atoms with Gasteiger partial charge in [0.25, 0.3) is 0 Å². The quantitative estimate of drug-likeness (QED) is 0.628. The van der Waals surface area contributed by atoms with Crippen molar-refractivity contribution in [3.05, 3.63) is 0 Å². The van der Waals surface area contributed by atoms with Gasteiger partial charge in [-0.05, 0) is 6.92 Å². The molecular weight excluding hydrogens is 200 g/mol. The van der Waals surface area contributed by atoms with Crippen LogP contribution < -0.4 is 5.32 Å². The summed E-state index contributed by atoms with van der Waals surface area (Å²) in [5, 5.41) is 9.88. The van der Waals surface area contributed by atoms with Crippen molar-refractivity contribution in [2.45, 2.75) is 25.8 Å². The van der Waals surface area contributed by atoms with Crippen molar-refractivity contribution in [2.24, 2.45) is 0 Å². The number of amides is 1. The third-order valence-electron chi connectivity index (χ3n) is 1.39. The van der Waals surface area contributed by atoms with Gasteiger partial charge >= 0.3 is 11.9 Å². The summed E-state index contributed by atoms with van der Waals surface area (Å²) < 4.78 is 25.1. The number of Topliss-reactive ketones (excluding diaryl/α,β-unsaturated/α-hetero) is 1. The number of carbonyl (C=O) groups is 3. The number of hydrogen-bond donors (Lipinski definition) is 2. The molecule has 0 saturated heterocycles. The van der Waals surface area contributed by atoms with Gasteiger partial charge in [0.1, 0.15) is 0 Å². The minimum absolute atomic E-state index is 0.688. The minimum atomic E-state index is -4.47. The second kappa shape index (κ2) is 4.12. The fourth-order valence-corrected chi connectivity index (χ4v) is 0.748. The number of carboxylic acids is 1. The van der Waals surface area contributed by atoms with Gasteiger partial charge < -0.3 is 10.4 Å². The SMILES string of the molecule is CC(=O)NC(C)C(=O)C(F)(F)C(=O)O. The summed E-state index contributed by atoms with van der Waals surface area (Å²) in [5.74, 6) is -9.53. The fraction of sp³-hybridized carbons (Fsp3) is 0.571. The van der Waals surface area contributed by atoms with Crippen LogP contribution in [0.15, 0.2) is 0 Å². The highest BCUT2D eigenvalue weighted by Gasteiger charge is 2.49. The molecule has 0 saturated carbocycles. The van der Waals surface area contributed by atoms with E-state index in [-0.39, 0.29) is 0 Å². The Morgan fingerprint density at radius 1 is 1.36 bits per heavy atom. The molecule has 0 aliphatic heterocycles. The number of carboxylic acid groups (broad SMARTS) is 1. The molecule has 0 aromatic rings. The fourth-order valence-electron chi connectivity index (χ4n) is 0.748. The van der Waals surface area contributed by atoms with Gasteiger partial charge in [-0.25, -0.2) is 4.79 Å². The third-order valence-corrected chi connectivity index (χ3v) is 1.39. The van der Waals surface area contributed by atoms with Crippen LogP contribution in [0, 0.1) is 0 Å². The van der Waals surface area contributed by atoms with Crippen molar-refractivity contribution in [1.82, 2.24) is 5.32 Å². The molecule has 80 valence electrons. The highest BCUT2D eigenvalue weighted by molar-refractivity contribution is 6.07. The first-order valence-electron chi connectivity index (χ1n) is 3.62. The lowest BCUT2D eigenvalue weighted by atomic mass is 10.1. The number of nitrogens with one attached hydrogen (secondary N) is 1. The van der Waals surface area contributed by atoms with Crippen LogP contribution in [0.5, 0.6) is 0 Å². The van der Waals surface area contributed by atoms with E-state index in [1.807, 2.05) is 5.32 Å². The van der Waals surface area contributed by atoms with Gasteiger partial charge in [0.2, 0.25) is 11.7 Å². The van der Waals surface area contributed by atoms with Crippen molar-refractivity contribution >= 4 is 17.7 Å². The number of alkyl halides is 2. The molecular formula is C7H9F2NO4. The number of carbonyl (C=O) groups excluding carboxylic acids is 2. The van der Waals surface area contributed by atoms with Gasteiger partial charge in [-0.1, -0.05) is 0 Å². The van der Waals surface area contributed by atoms with Crippen molar-refractivity contribution in [2.75, 3.05) is 0 Å². The predicted molar refractivity (Wildman–Crippen MR) is 40.9 cm³/mol. The maximum absolute atomic E-state index is 12.5. The van der Waals surface area contributed by atoms with Crippen molar-refractivity contribution in [3.8, 4) is 0 Å². The van der Waals surface area contributed by atoms with Crippen LogP contribution in [-0.2, 0) is 14.4 Å². The highest BCUT2D eigenvalue weighted by Crippen LogP contribution is 2.16. The van der Waals surface area contributed by atoms with Crippen LogP contribution >= 0.6 is 0 Å². The Bertz CT molecular complexity index is 277. The second-order valence-corrected chi connectivity index (χ2v) is 2.67. The van der Waals surface area contributed by atoms with Crippen LogP contribution in [0.2, 0.25) is 0 Å². The zero-order chi connectivity index (χ0) is 11.5. The zero-order valence-corrected chi connectivity index (χ0v) is 7.51. The molecule has 0 aromatic carbocycles. The van der Waals surface area contributed by atoms with Gasteiger partial charge in [0.05, 0.1) is 6.04 Å². The van der Waals surface area contributed by atoms with E-state index in [1.54, 1.807) is 0 Å². The second-order valence-electron chi connectivity index (χ2n) is 2.67. The molecule has 1 atom stereocenters. The van der Waals surface area contributed by atoms with Crippen LogP contribution in [0.1, 0.15) is 13.8 Å². The summed E-state index contributed by atoms with van der Waals surface area (Å²) in [7, 11) is 0. The maximum atomic E-state index is 12.5. The number of hydrogen-bond acceptors (Lipinski definition) is 3. The first-order chi connectivity index (χ1) is 6.19. The van der Waals surface area contributed by atoms with Gasteiger partial charge in [-0.2, -0.15) is 8.78 Å². The first-order valence-corrected chi connectivity index (χ1v) is 3.62. The smallest absolute Gasteiger partial charge is 0.401 e. The van der Waals surface area contributed by atoms with E-state index in [2.05, 4.69) is 0 Å². The van der Waals surface area contributed by atoms with E-state index in [0.29, 0.717) is 0 Å². The Labute approximate surface area is 78.1 Å². The molecule has 0 radical (unpaired) electrons. The number of aliphatic carboxylic acids is 1. The summed E-state index contributed by atoms with van der Waals surface area (Å²) in [6, 6.07) is -1.53. The average molecular weight is 209 g/mol. The molecule has 2 N–H and O–H groups in total. The van der Waals surface area contributed by atoms with Crippen LogP contribution in [0.4, 0.5) is 8.78 Å². The Kier molecular flexibility index (Phi) is 3.67. The normalized spacial score (nSPS) is 13.1. The summed E-state index contributed by atoms with van der Waals surface area (Å²) in [5.41, 5.74) is 0. The van der Waals surface area contributed by atoms with Gasteiger partial charge in [-0.3, -0.25) is 9.59 Å². The number of halogens is 2. The monoisotopic (exact) mass is 209 g/mol.